The molecule has 2 amide bonds. The molecule has 0 aliphatic rings. The summed E-state index contributed by atoms with van der Waals surface area (Å²) in [6.07, 6.45) is 0.918. The van der Waals surface area contributed by atoms with E-state index >= 15 is 0 Å². The maximum absolute atomic E-state index is 14.6. The molecule has 4 aromatic carbocycles. The maximum Gasteiger partial charge on any atom is 0.264 e. The monoisotopic (exact) mass is 739 g/mol. The Hall–Kier alpha value is -3.86. The summed E-state index contributed by atoms with van der Waals surface area (Å²) in [6, 6.07) is 26.7. The largest absolute Gasteiger partial charge is 0.496 e. The van der Waals surface area contributed by atoms with Crippen LogP contribution in [0, 0.1) is 6.92 Å². The first kappa shape index (κ1) is 36.0. The molecule has 0 saturated heterocycles. The summed E-state index contributed by atoms with van der Waals surface area (Å²) in [7, 11) is -2.78. The molecular weight excluding hydrogens is 702 g/mol. The summed E-state index contributed by atoms with van der Waals surface area (Å²) in [5, 5.41) is 3.52. The summed E-state index contributed by atoms with van der Waals surface area (Å²) >= 11 is 9.71. The minimum atomic E-state index is -4.27. The molecule has 248 valence electrons. The van der Waals surface area contributed by atoms with E-state index < -0.39 is 28.5 Å². The number of sulfonamides is 1. The lowest BCUT2D eigenvalue weighted by Gasteiger charge is -2.34. The number of halogens is 2. The van der Waals surface area contributed by atoms with E-state index in [1.807, 2.05) is 57.2 Å². The van der Waals surface area contributed by atoms with Crippen LogP contribution >= 0.6 is 27.5 Å². The molecule has 8 nitrogen and oxygen atoms in total. The zero-order chi connectivity index (χ0) is 34.1. The highest BCUT2D eigenvalue weighted by Gasteiger charge is 2.35. The van der Waals surface area contributed by atoms with Crippen LogP contribution in [-0.2, 0) is 32.6 Å². The summed E-state index contributed by atoms with van der Waals surface area (Å²) in [6.45, 7) is 5.23. The molecule has 47 heavy (non-hydrogen) atoms. The molecule has 1 N–H and O–H groups in total. The third-order valence-corrected chi connectivity index (χ3v) is 10.5. The first-order chi connectivity index (χ1) is 22.4. The average Bonchev–Trinajstić information content (AvgIpc) is 3.05. The Morgan fingerprint density at radius 1 is 0.936 bits per heavy atom. The van der Waals surface area contributed by atoms with Gasteiger partial charge in [-0.05, 0) is 89.8 Å². The Balaban J connectivity index is 1.82. The third kappa shape index (κ3) is 9.37. The molecule has 0 heterocycles. The van der Waals surface area contributed by atoms with Gasteiger partial charge in [-0.15, -0.1) is 0 Å². The van der Waals surface area contributed by atoms with Gasteiger partial charge in [0.2, 0.25) is 11.8 Å². The second-order valence-corrected chi connectivity index (χ2v) is 14.5. The number of nitrogens with zero attached hydrogens (tertiary/aromatic N) is 2. The van der Waals surface area contributed by atoms with Crippen molar-refractivity contribution in [3.8, 4) is 5.75 Å². The van der Waals surface area contributed by atoms with Gasteiger partial charge in [-0.25, -0.2) is 8.42 Å². The van der Waals surface area contributed by atoms with Crippen molar-refractivity contribution in [1.29, 1.82) is 0 Å². The van der Waals surface area contributed by atoms with Crippen molar-refractivity contribution in [2.24, 2.45) is 0 Å². The average molecular weight is 741 g/mol. The minimum absolute atomic E-state index is 0.0285. The van der Waals surface area contributed by atoms with Crippen LogP contribution in [0.4, 0.5) is 5.69 Å². The fourth-order valence-corrected chi connectivity index (χ4v) is 7.35. The van der Waals surface area contributed by atoms with Crippen LogP contribution in [0.25, 0.3) is 0 Å². The van der Waals surface area contributed by atoms with E-state index in [2.05, 4.69) is 21.2 Å². The van der Waals surface area contributed by atoms with Gasteiger partial charge in [-0.2, -0.15) is 0 Å². The minimum Gasteiger partial charge on any atom is -0.496 e. The number of aryl methyl sites for hydroxylation is 1. The lowest BCUT2D eigenvalue weighted by atomic mass is 10.0. The number of amides is 2. The second-order valence-electron chi connectivity index (χ2n) is 11.3. The number of ether oxygens (including phenoxy) is 1. The topological polar surface area (TPSA) is 96.0 Å². The highest BCUT2D eigenvalue weighted by atomic mass is 79.9. The molecule has 2 atom stereocenters. The van der Waals surface area contributed by atoms with Crippen molar-refractivity contribution in [3.05, 3.63) is 123 Å². The molecule has 0 unspecified atom stereocenters. The molecule has 0 bridgehead atoms. The smallest absolute Gasteiger partial charge is 0.264 e. The van der Waals surface area contributed by atoms with Gasteiger partial charge in [0, 0.05) is 24.0 Å². The van der Waals surface area contributed by atoms with Crippen LogP contribution in [-0.4, -0.2) is 50.9 Å². The molecule has 0 saturated carbocycles. The molecule has 0 spiro atoms. The molecule has 11 heteroatoms. The molecular formula is C36H39BrClN3O5S. The number of rotatable bonds is 14. The van der Waals surface area contributed by atoms with E-state index in [4.69, 9.17) is 16.3 Å². The number of benzene rings is 4. The number of carbonyl (C=O) groups excluding carboxylic acids is 2. The van der Waals surface area contributed by atoms with E-state index in [9.17, 15) is 18.0 Å². The normalized spacial score (nSPS) is 12.6. The molecule has 0 fully saturated rings. The Morgan fingerprint density at radius 3 is 2.23 bits per heavy atom. The van der Waals surface area contributed by atoms with Crippen LogP contribution in [0.15, 0.2) is 106 Å². The summed E-state index contributed by atoms with van der Waals surface area (Å²) in [4.78, 5) is 30.0. The number of methoxy groups -OCH3 is 1. The van der Waals surface area contributed by atoms with Crippen molar-refractivity contribution < 1.29 is 22.7 Å². The predicted molar refractivity (Wildman–Crippen MR) is 190 cm³/mol. The highest BCUT2D eigenvalue weighted by molar-refractivity contribution is 9.10. The molecule has 4 rings (SSSR count). The Morgan fingerprint density at radius 2 is 1.62 bits per heavy atom. The van der Waals surface area contributed by atoms with Gasteiger partial charge in [0.05, 0.1) is 22.2 Å². The Kier molecular flexibility index (Phi) is 12.5. The molecule has 0 aliphatic carbocycles. The van der Waals surface area contributed by atoms with Gasteiger partial charge in [-0.3, -0.25) is 13.9 Å². The van der Waals surface area contributed by atoms with Gasteiger partial charge in [0.15, 0.2) is 0 Å². The van der Waals surface area contributed by atoms with Crippen LogP contribution in [0.2, 0.25) is 5.02 Å². The van der Waals surface area contributed by atoms with Crippen LogP contribution in [0.1, 0.15) is 37.0 Å². The summed E-state index contributed by atoms with van der Waals surface area (Å²) < 4.78 is 35.4. The molecule has 4 aromatic rings. The van der Waals surface area contributed by atoms with E-state index in [0.29, 0.717) is 32.9 Å². The SMILES string of the molecule is CC[C@@H](C)NC(=O)[C@@H](Cc1ccccc1)N(Cc1cccc(Cl)c1)C(=O)CN(c1ccc(C)cc1)S(=O)(=O)c1ccc(OC)c(Br)c1. The first-order valence-electron chi connectivity index (χ1n) is 15.2. The number of anilines is 1. The van der Waals surface area contributed by atoms with Gasteiger partial charge >= 0.3 is 0 Å². The van der Waals surface area contributed by atoms with Gasteiger partial charge in [-0.1, -0.05) is 78.7 Å². The fraction of sp³-hybridized carbons (Fsp3) is 0.278. The number of nitrogens with one attached hydrogen (secondary N) is 1. The number of hydrogen-bond donors (Lipinski definition) is 1. The third-order valence-electron chi connectivity index (χ3n) is 7.83. The van der Waals surface area contributed by atoms with Crippen molar-refractivity contribution in [2.45, 2.75) is 57.1 Å². The van der Waals surface area contributed by atoms with Crippen molar-refractivity contribution in [1.82, 2.24) is 10.2 Å². The maximum atomic E-state index is 14.6. The second kappa shape index (κ2) is 16.3. The lowest BCUT2D eigenvalue weighted by Crippen LogP contribution is -2.54. The van der Waals surface area contributed by atoms with E-state index in [-0.39, 0.29) is 29.8 Å². The van der Waals surface area contributed by atoms with Crippen LogP contribution in [0.5, 0.6) is 5.75 Å². The Bertz CT molecular complexity index is 1790. The molecule has 0 aliphatic heterocycles. The zero-order valence-corrected chi connectivity index (χ0v) is 30.0. The van der Waals surface area contributed by atoms with E-state index in [1.165, 1.54) is 24.1 Å². The summed E-state index contributed by atoms with van der Waals surface area (Å²) in [5.74, 6) is -0.421. The van der Waals surface area contributed by atoms with Crippen molar-refractivity contribution in [2.75, 3.05) is 18.0 Å². The number of hydrogen-bond acceptors (Lipinski definition) is 5. The van der Waals surface area contributed by atoms with E-state index in [1.54, 1.807) is 48.5 Å². The molecule has 0 radical (unpaired) electrons. The van der Waals surface area contributed by atoms with E-state index in [0.717, 1.165) is 15.4 Å². The quantitative estimate of drug-likeness (QED) is 0.148. The van der Waals surface area contributed by atoms with Crippen molar-refractivity contribution in [3.63, 3.8) is 0 Å². The number of carbonyl (C=O) groups is 2. The van der Waals surface area contributed by atoms with Gasteiger partial charge < -0.3 is 15.0 Å². The molecule has 0 aromatic heterocycles. The first-order valence-corrected chi connectivity index (χ1v) is 17.8. The van der Waals surface area contributed by atoms with Crippen LogP contribution in [0.3, 0.4) is 0 Å². The van der Waals surface area contributed by atoms with Crippen LogP contribution < -0.4 is 14.4 Å². The lowest BCUT2D eigenvalue weighted by molar-refractivity contribution is -0.140. The van der Waals surface area contributed by atoms with Gasteiger partial charge in [0.1, 0.15) is 18.3 Å². The highest BCUT2D eigenvalue weighted by Crippen LogP contribution is 2.31. The fourth-order valence-electron chi connectivity index (χ4n) is 5.00. The predicted octanol–water partition coefficient (Wildman–Crippen LogP) is 7.17. The zero-order valence-electron chi connectivity index (χ0n) is 26.8. The Labute approximate surface area is 290 Å². The summed E-state index contributed by atoms with van der Waals surface area (Å²) in [5.41, 5.74) is 2.79. The van der Waals surface area contributed by atoms with Gasteiger partial charge in [0.25, 0.3) is 10.0 Å². The van der Waals surface area contributed by atoms with Crippen molar-refractivity contribution >= 4 is 55.1 Å². The standard InChI is InChI=1S/C36H39BrClN3O5S/c1-5-26(3)39-36(43)33(21-27-10-7-6-8-11-27)40(23-28-12-9-13-29(38)20-28)35(42)24-41(30-16-14-25(2)15-17-30)47(44,45)31-18-19-34(46-4)32(37)22-31/h6-20,22,26,33H,5,21,23-24H2,1-4H3,(H,39,43)/t26-,33-/m1/s1.